The Morgan fingerprint density at radius 1 is 0.840 bits per heavy atom. The van der Waals surface area contributed by atoms with Crippen LogP contribution in [0.4, 0.5) is 56.6 Å². The van der Waals surface area contributed by atoms with Crippen molar-refractivity contribution in [1.29, 1.82) is 0 Å². The Balaban J connectivity index is 6.54. The van der Waals surface area contributed by atoms with E-state index in [1.54, 1.807) is 0 Å². The number of hydrogen-bond acceptors (Lipinski definition) is 4. The molecule has 0 spiro atoms. The predicted octanol–water partition coefficient (Wildman–Crippen LogP) is 4.02. The highest BCUT2D eigenvalue weighted by atomic mass is 32.3. The Morgan fingerprint density at radius 3 is 1.44 bits per heavy atom. The van der Waals surface area contributed by atoms with Gasteiger partial charge in [0.05, 0.1) is 0 Å². The summed E-state index contributed by atoms with van der Waals surface area (Å²) in [4.78, 5) is 0. The van der Waals surface area contributed by atoms with Crippen LogP contribution < -0.4 is 0 Å². The van der Waals surface area contributed by atoms with Gasteiger partial charge in [0.25, 0.3) is 0 Å². The second kappa shape index (κ2) is 6.06. The number of ether oxygens (including phenoxy) is 1. The lowest BCUT2D eigenvalue weighted by Gasteiger charge is -2.36. The molecule has 0 heterocycles. The van der Waals surface area contributed by atoms with Crippen molar-refractivity contribution in [1.82, 2.24) is 0 Å². The molecular weight excluding hydrogens is 427 g/mol. The molecule has 0 aromatic heterocycles. The molecule has 0 aromatic rings. The Kier molecular flexibility index (Phi) is 5.71. The van der Waals surface area contributed by atoms with Crippen LogP contribution in [-0.2, 0) is 15.0 Å². The summed E-state index contributed by atoms with van der Waals surface area (Å²) in [5.74, 6) is -19.3. The summed E-state index contributed by atoms with van der Waals surface area (Å²) in [6.07, 6.45) is -15.1. The highest BCUT2D eigenvalue weighted by molar-refractivity contribution is 7.87. The van der Waals surface area contributed by atoms with Gasteiger partial charge in [-0.1, -0.05) is 3.89 Å². The van der Waals surface area contributed by atoms with Gasteiger partial charge in [0.1, 0.15) is 0 Å². The fraction of sp³-hybridized carbons (Fsp3) is 0.714. The van der Waals surface area contributed by atoms with Crippen molar-refractivity contribution >= 4 is 10.2 Å². The lowest BCUT2D eigenvalue weighted by atomic mass is 10.1. The maximum Gasteiger partial charge on any atom is 0.464 e. The Hall–Kier alpha value is -1.46. The quantitative estimate of drug-likeness (QED) is 0.395. The van der Waals surface area contributed by atoms with Crippen molar-refractivity contribution in [3.8, 4) is 0 Å². The van der Waals surface area contributed by atoms with E-state index in [0.29, 0.717) is 0 Å². The molecule has 150 valence electrons. The molecule has 1 atom stereocenters. The third-order valence-corrected chi connectivity index (χ3v) is 2.99. The lowest BCUT2D eigenvalue weighted by Crippen LogP contribution is -2.63. The van der Waals surface area contributed by atoms with Gasteiger partial charge in [0, 0.05) is 0 Å². The molecule has 0 aliphatic rings. The van der Waals surface area contributed by atoms with E-state index in [4.69, 9.17) is 5.11 Å². The SMILES string of the molecule is O=S(=O)(F)C(F)(F)C(F)(F)OC(F)(C(F)(F)F)C(F)(F)C(F)=C(O)F. The van der Waals surface area contributed by atoms with Gasteiger partial charge in [-0.3, -0.25) is 4.74 Å². The smallest absolute Gasteiger partial charge is 0.464 e. The summed E-state index contributed by atoms with van der Waals surface area (Å²) in [5, 5.41) is 0.285. The van der Waals surface area contributed by atoms with Gasteiger partial charge in [0.2, 0.25) is 5.83 Å². The average Bonchev–Trinajstić information content (AvgIpc) is 2.33. The molecule has 0 saturated carbocycles. The van der Waals surface area contributed by atoms with Gasteiger partial charge in [-0.05, 0) is 0 Å². The summed E-state index contributed by atoms with van der Waals surface area (Å²) in [6.45, 7) is 0. The van der Waals surface area contributed by atoms with E-state index < -0.39 is 51.4 Å². The minimum atomic E-state index is -7.88. The highest BCUT2D eigenvalue weighted by Crippen LogP contribution is 2.55. The second-order valence-electron chi connectivity index (χ2n) is 3.85. The van der Waals surface area contributed by atoms with Crippen LogP contribution in [0, 0.1) is 0 Å². The molecule has 18 heteroatoms. The third-order valence-electron chi connectivity index (χ3n) is 2.14. The number of aliphatic hydroxyl groups excluding tert-OH is 1. The van der Waals surface area contributed by atoms with Crippen LogP contribution in [0.1, 0.15) is 0 Å². The summed E-state index contributed by atoms with van der Waals surface area (Å²) in [6, 6.07) is -3.90. The number of aliphatic hydroxyl groups is 1. The van der Waals surface area contributed by atoms with Crippen LogP contribution in [0.15, 0.2) is 11.8 Å². The lowest BCUT2D eigenvalue weighted by molar-refractivity contribution is -0.473. The molecule has 0 saturated heterocycles. The summed E-state index contributed by atoms with van der Waals surface area (Å²) >= 11 is 0. The number of rotatable bonds is 6. The largest absolute Gasteiger partial charge is 0.484 e. The highest BCUT2D eigenvalue weighted by Gasteiger charge is 2.82. The standard InChI is InChI=1S/C7HF13O4S/c8-1(2(9)21)3(10,11)4(12,5(13,14)15)24-6(16,17)7(18,19)25(20,22)23/h21H. The first-order valence-corrected chi connectivity index (χ1v) is 6.22. The Bertz CT molecular complexity index is 646. The van der Waals surface area contributed by atoms with Crippen LogP contribution >= 0.6 is 0 Å². The van der Waals surface area contributed by atoms with E-state index in [1.165, 1.54) is 4.74 Å². The molecule has 0 amide bonds. The molecule has 1 unspecified atom stereocenters. The van der Waals surface area contributed by atoms with E-state index >= 15 is 0 Å². The topological polar surface area (TPSA) is 63.6 Å². The van der Waals surface area contributed by atoms with Gasteiger partial charge < -0.3 is 5.11 Å². The van der Waals surface area contributed by atoms with Gasteiger partial charge in [-0.15, -0.1) is 0 Å². The zero-order chi connectivity index (χ0) is 20.9. The summed E-state index contributed by atoms with van der Waals surface area (Å²) < 4.78 is 184. The maximum absolute atomic E-state index is 13.3. The minimum Gasteiger partial charge on any atom is -0.484 e. The average molecular weight is 428 g/mol. The summed E-state index contributed by atoms with van der Waals surface area (Å²) in [7, 11) is -7.88. The zero-order valence-corrected chi connectivity index (χ0v) is 11.3. The van der Waals surface area contributed by atoms with Crippen molar-refractivity contribution in [3.63, 3.8) is 0 Å². The number of alkyl halides is 10. The second-order valence-corrected chi connectivity index (χ2v) is 5.23. The minimum absolute atomic E-state index is 1.42. The first kappa shape index (κ1) is 23.5. The molecule has 0 aliphatic carbocycles. The Labute approximate surface area is 127 Å². The predicted molar refractivity (Wildman–Crippen MR) is 47.7 cm³/mol. The fourth-order valence-corrected chi connectivity index (χ4v) is 1.27. The van der Waals surface area contributed by atoms with E-state index in [0.717, 1.165) is 0 Å². The molecule has 1 N–H and O–H groups in total. The van der Waals surface area contributed by atoms with E-state index in [-0.39, 0.29) is 0 Å². The van der Waals surface area contributed by atoms with Crippen LogP contribution in [0.25, 0.3) is 0 Å². The van der Waals surface area contributed by atoms with Crippen LogP contribution in [0.3, 0.4) is 0 Å². The van der Waals surface area contributed by atoms with Gasteiger partial charge in [0.15, 0.2) is 0 Å². The zero-order valence-electron chi connectivity index (χ0n) is 10.5. The molecule has 0 fully saturated rings. The van der Waals surface area contributed by atoms with Crippen molar-refractivity contribution < 1.29 is 74.8 Å². The van der Waals surface area contributed by atoms with E-state index in [1.807, 2.05) is 0 Å². The van der Waals surface area contributed by atoms with E-state index in [2.05, 4.69) is 0 Å². The van der Waals surface area contributed by atoms with Crippen molar-refractivity contribution in [3.05, 3.63) is 11.8 Å². The van der Waals surface area contributed by atoms with Crippen molar-refractivity contribution in [2.45, 2.75) is 29.3 Å². The van der Waals surface area contributed by atoms with Crippen LogP contribution in [0.5, 0.6) is 0 Å². The fourth-order valence-electron chi connectivity index (χ4n) is 0.949. The first-order valence-electron chi connectivity index (χ1n) is 4.84. The van der Waals surface area contributed by atoms with Crippen molar-refractivity contribution in [2.24, 2.45) is 0 Å². The van der Waals surface area contributed by atoms with Crippen LogP contribution in [0.2, 0.25) is 0 Å². The van der Waals surface area contributed by atoms with Gasteiger partial charge >= 0.3 is 45.6 Å². The first-order chi connectivity index (χ1) is 10.6. The molecule has 0 aliphatic heterocycles. The number of hydrogen-bond donors (Lipinski definition) is 1. The summed E-state index contributed by atoms with van der Waals surface area (Å²) in [5.41, 5.74) is 0. The third kappa shape index (κ3) is 3.72. The van der Waals surface area contributed by atoms with Gasteiger partial charge in [-0.25, -0.2) is 0 Å². The molecule has 0 rings (SSSR count). The normalized spacial score (nSPS) is 18.6. The van der Waals surface area contributed by atoms with Crippen LogP contribution in [-0.4, -0.2) is 42.8 Å². The maximum atomic E-state index is 13.3. The Morgan fingerprint density at radius 2 is 1.20 bits per heavy atom. The van der Waals surface area contributed by atoms with Gasteiger partial charge in [-0.2, -0.15) is 61.1 Å². The molecule has 0 bridgehead atoms. The number of halogens is 13. The van der Waals surface area contributed by atoms with E-state index in [9.17, 15) is 65.0 Å². The molecule has 4 nitrogen and oxygen atoms in total. The molecule has 0 radical (unpaired) electrons. The monoisotopic (exact) mass is 428 g/mol. The molecule has 25 heavy (non-hydrogen) atoms. The van der Waals surface area contributed by atoms with Crippen molar-refractivity contribution in [2.75, 3.05) is 0 Å². The molecule has 0 aromatic carbocycles. The molecular formula is C7HF13O4S.